The highest BCUT2D eigenvalue weighted by molar-refractivity contribution is 5.92. The summed E-state index contributed by atoms with van der Waals surface area (Å²) in [6, 6.07) is 13.6. The van der Waals surface area contributed by atoms with Crippen molar-refractivity contribution in [2.24, 2.45) is 0 Å². The van der Waals surface area contributed by atoms with Crippen molar-refractivity contribution < 1.29 is 9.21 Å². The number of fused-ring (bicyclic) bond motifs is 1. The van der Waals surface area contributed by atoms with E-state index in [4.69, 9.17) is 4.42 Å². The standard InChI is InChI=1S/C18H18N2O2/c1-12-5-3-4-6-14(12)7-10-18(21)20-15-8-9-17-16(11-15)19-13(2)22-17/h3-6,8-9,11H,7,10H2,1-2H3,(H,20,21). The SMILES string of the molecule is Cc1nc2cc(NC(=O)CCc3ccccc3C)ccc2o1. The zero-order valence-electron chi connectivity index (χ0n) is 12.7. The monoisotopic (exact) mass is 294 g/mol. The van der Waals surface area contributed by atoms with Crippen molar-refractivity contribution >= 4 is 22.7 Å². The lowest BCUT2D eigenvalue weighted by atomic mass is 10.0. The second-order valence-electron chi connectivity index (χ2n) is 5.39. The summed E-state index contributed by atoms with van der Waals surface area (Å²) in [5.74, 6) is 0.626. The number of carbonyl (C=O) groups is 1. The average Bonchev–Trinajstić information content (AvgIpc) is 2.86. The molecule has 2 aromatic carbocycles. The van der Waals surface area contributed by atoms with Crippen LogP contribution in [0, 0.1) is 13.8 Å². The Morgan fingerprint density at radius 1 is 1.18 bits per heavy atom. The number of aryl methyl sites for hydroxylation is 3. The van der Waals surface area contributed by atoms with Gasteiger partial charge in [-0.05, 0) is 42.7 Å². The van der Waals surface area contributed by atoms with Crippen molar-refractivity contribution in [2.45, 2.75) is 26.7 Å². The summed E-state index contributed by atoms with van der Waals surface area (Å²) in [5, 5.41) is 2.91. The van der Waals surface area contributed by atoms with Crippen molar-refractivity contribution in [1.82, 2.24) is 4.98 Å². The van der Waals surface area contributed by atoms with Crippen molar-refractivity contribution in [3.8, 4) is 0 Å². The minimum Gasteiger partial charge on any atom is -0.441 e. The van der Waals surface area contributed by atoms with Gasteiger partial charge in [0.1, 0.15) is 5.52 Å². The molecular weight excluding hydrogens is 276 g/mol. The van der Waals surface area contributed by atoms with Crippen LogP contribution in [0.4, 0.5) is 5.69 Å². The Bertz CT molecular complexity index is 821. The molecule has 3 aromatic rings. The zero-order valence-corrected chi connectivity index (χ0v) is 12.7. The fourth-order valence-corrected chi connectivity index (χ4v) is 2.48. The number of nitrogens with one attached hydrogen (secondary N) is 1. The number of aromatic nitrogens is 1. The number of oxazole rings is 1. The summed E-state index contributed by atoms with van der Waals surface area (Å²) in [6.07, 6.45) is 1.20. The van der Waals surface area contributed by atoms with E-state index in [-0.39, 0.29) is 5.91 Å². The van der Waals surface area contributed by atoms with Gasteiger partial charge in [0, 0.05) is 19.0 Å². The minimum atomic E-state index is 0.00261. The predicted octanol–water partition coefficient (Wildman–Crippen LogP) is 4.02. The van der Waals surface area contributed by atoms with Crippen LogP contribution in [0.3, 0.4) is 0 Å². The molecule has 0 aliphatic carbocycles. The van der Waals surface area contributed by atoms with Crippen LogP contribution in [0.25, 0.3) is 11.1 Å². The summed E-state index contributed by atoms with van der Waals surface area (Å²) in [5.41, 5.74) is 4.66. The second-order valence-corrected chi connectivity index (χ2v) is 5.39. The number of rotatable bonds is 4. The Balaban J connectivity index is 1.64. The van der Waals surface area contributed by atoms with E-state index in [1.807, 2.05) is 30.3 Å². The first-order valence-corrected chi connectivity index (χ1v) is 7.33. The van der Waals surface area contributed by atoms with E-state index in [0.29, 0.717) is 12.3 Å². The molecule has 4 nitrogen and oxygen atoms in total. The molecule has 0 radical (unpaired) electrons. The first-order valence-electron chi connectivity index (χ1n) is 7.33. The molecule has 4 heteroatoms. The molecule has 0 fully saturated rings. The van der Waals surface area contributed by atoms with Gasteiger partial charge in [0.05, 0.1) is 0 Å². The number of carbonyl (C=O) groups excluding carboxylic acids is 1. The third kappa shape index (κ3) is 3.17. The van der Waals surface area contributed by atoms with Crippen LogP contribution in [0.1, 0.15) is 23.4 Å². The second kappa shape index (κ2) is 6.02. The van der Waals surface area contributed by atoms with Crippen LogP contribution in [-0.2, 0) is 11.2 Å². The fourth-order valence-electron chi connectivity index (χ4n) is 2.48. The van der Waals surface area contributed by atoms with Crippen LogP contribution >= 0.6 is 0 Å². The van der Waals surface area contributed by atoms with E-state index >= 15 is 0 Å². The molecule has 0 bridgehead atoms. The molecule has 1 amide bonds. The highest BCUT2D eigenvalue weighted by Crippen LogP contribution is 2.20. The molecule has 0 unspecified atom stereocenters. The number of anilines is 1. The molecule has 0 atom stereocenters. The maximum atomic E-state index is 12.1. The van der Waals surface area contributed by atoms with E-state index < -0.39 is 0 Å². The quantitative estimate of drug-likeness (QED) is 0.790. The predicted molar refractivity (Wildman–Crippen MR) is 86.9 cm³/mol. The average molecular weight is 294 g/mol. The molecule has 0 aliphatic rings. The highest BCUT2D eigenvalue weighted by Gasteiger charge is 2.07. The van der Waals surface area contributed by atoms with Crippen LogP contribution in [-0.4, -0.2) is 10.9 Å². The molecule has 112 valence electrons. The van der Waals surface area contributed by atoms with Crippen LogP contribution in [0.15, 0.2) is 46.9 Å². The first-order chi connectivity index (χ1) is 10.6. The van der Waals surface area contributed by atoms with Gasteiger partial charge < -0.3 is 9.73 Å². The Morgan fingerprint density at radius 2 is 2.00 bits per heavy atom. The molecule has 0 spiro atoms. The van der Waals surface area contributed by atoms with Gasteiger partial charge in [-0.2, -0.15) is 0 Å². The lowest BCUT2D eigenvalue weighted by Crippen LogP contribution is -2.12. The van der Waals surface area contributed by atoms with Crippen molar-refractivity contribution in [2.75, 3.05) is 5.32 Å². The fraction of sp³-hybridized carbons (Fsp3) is 0.222. The molecule has 1 N–H and O–H groups in total. The Kier molecular flexibility index (Phi) is 3.92. The summed E-state index contributed by atoms with van der Waals surface area (Å²) < 4.78 is 5.42. The topological polar surface area (TPSA) is 55.1 Å². The molecule has 0 aliphatic heterocycles. The minimum absolute atomic E-state index is 0.00261. The third-order valence-electron chi connectivity index (χ3n) is 3.66. The smallest absolute Gasteiger partial charge is 0.224 e. The van der Waals surface area contributed by atoms with Gasteiger partial charge in [-0.1, -0.05) is 24.3 Å². The normalized spacial score (nSPS) is 10.8. The van der Waals surface area contributed by atoms with Crippen LogP contribution in [0.2, 0.25) is 0 Å². The van der Waals surface area contributed by atoms with Gasteiger partial charge in [-0.3, -0.25) is 4.79 Å². The van der Waals surface area contributed by atoms with Crippen LogP contribution < -0.4 is 5.32 Å². The molecule has 0 saturated heterocycles. The third-order valence-corrected chi connectivity index (χ3v) is 3.66. The number of nitrogens with zero attached hydrogens (tertiary/aromatic N) is 1. The zero-order chi connectivity index (χ0) is 15.5. The van der Waals surface area contributed by atoms with Gasteiger partial charge in [-0.25, -0.2) is 4.98 Å². The Labute approximate surface area is 129 Å². The summed E-state index contributed by atoms with van der Waals surface area (Å²) in [7, 11) is 0. The van der Waals surface area contributed by atoms with Gasteiger partial charge in [-0.15, -0.1) is 0 Å². The van der Waals surface area contributed by atoms with Crippen molar-refractivity contribution in [1.29, 1.82) is 0 Å². The summed E-state index contributed by atoms with van der Waals surface area (Å²) in [4.78, 5) is 16.4. The number of hydrogen-bond donors (Lipinski definition) is 1. The van der Waals surface area contributed by atoms with Crippen LogP contribution in [0.5, 0.6) is 0 Å². The van der Waals surface area contributed by atoms with E-state index in [1.54, 1.807) is 6.92 Å². The van der Waals surface area contributed by atoms with Gasteiger partial charge in [0.2, 0.25) is 5.91 Å². The lowest BCUT2D eigenvalue weighted by Gasteiger charge is -2.07. The molecule has 0 saturated carbocycles. The van der Waals surface area contributed by atoms with Gasteiger partial charge >= 0.3 is 0 Å². The van der Waals surface area contributed by atoms with E-state index in [9.17, 15) is 4.79 Å². The van der Waals surface area contributed by atoms with E-state index in [2.05, 4.69) is 29.4 Å². The maximum Gasteiger partial charge on any atom is 0.224 e. The summed E-state index contributed by atoms with van der Waals surface area (Å²) in [6.45, 7) is 3.87. The largest absolute Gasteiger partial charge is 0.441 e. The van der Waals surface area contributed by atoms with Crippen molar-refractivity contribution in [3.63, 3.8) is 0 Å². The number of hydrogen-bond acceptors (Lipinski definition) is 3. The van der Waals surface area contributed by atoms with Gasteiger partial charge in [0.25, 0.3) is 0 Å². The lowest BCUT2D eigenvalue weighted by molar-refractivity contribution is -0.116. The maximum absolute atomic E-state index is 12.1. The molecule has 1 aromatic heterocycles. The molecule has 3 rings (SSSR count). The molecule has 22 heavy (non-hydrogen) atoms. The van der Waals surface area contributed by atoms with Crippen molar-refractivity contribution in [3.05, 3.63) is 59.5 Å². The highest BCUT2D eigenvalue weighted by atomic mass is 16.3. The molecule has 1 heterocycles. The number of amides is 1. The number of benzene rings is 2. The van der Waals surface area contributed by atoms with E-state index in [1.165, 1.54) is 11.1 Å². The van der Waals surface area contributed by atoms with Gasteiger partial charge in [0.15, 0.2) is 11.5 Å². The molecular formula is C18H18N2O2. The first kappa shape index (κ1) is 14.3. The van der Waals surface area contributed by atoms with E-state index in [0.717, 1.165) is 23.2 Å². The summed E-state index contributed by atoms with van der Waals surface area (Å²) >= 11 is 0. The Hall–Kier alpha value is -2.62. The Morgan fingerprint density at radius 3 is 2.82 bits per heavy atom.